The molecule has 0 radical (unpaired) electrons. The number of aliphatic carboxylic acids is 1. The highest BCUT2D eigenvalue weighted by molar-refractivity contribution is 7.89. The number of carboxylic acids is 1. The Hall–Kier alpha value is -0.620. The van der Waals surface area contributed by atoms with Crippen LogP contribution in [0.2, 0.25) is 0 Å². The molecule has 5 nitrogen and oxygen atoms in total. The van der Waals surface area contributed by atoms with Gasteiger partial charge in [-0.2, -0.15) is 4.31 Å². The lowest BCUT2D eigenvalue weighted by molar-refractivity contribution is -0.137. The summed E-state index contributed by atoms with van der Waals surface area (Å²) in [5, 5.41) is 8.60. The van der Waals surface area contributed by atoms with Gasteiger partial charge in [0.2, 0.25) is 10.0 Å². The van der Waals surface area contributed by atoms with Crippen molar-refractivity contribution in [1.29, 1.82) is 0 Å². The number of carboxylic acid groups (broad SMARTS) is 1. The van der Waals surface area contributed by atoms with Gasteiger partial charge in [-0.1, -0.05) is 13.8 Å². The van der Waals surface area contributed by atoms with Gasteiger partial charge < -0.3 is 5.11 Å². The third-order valence-electron chi connectivity index (χ3n) is 2.09. The Balaban J connectivity index is 4.67. The van der Waals surface area contributed by atoms with Crippen molar-refractivity contribution in [3.63, 3.8) is 0 Å². The van der Waals surface area contributed by atoms with Crippen LogP contribution in [-0.2, 0) is 14.8 Å². The van der Waals surface area contributed by atoms with Crippen LogP contribution in [0.25, 0.3) is 0 Å². The Labute approximate surface area is 91.1 Å². The predicted molar refractivity (Wildman–Crippen MR) is 58.2 cm³/mol. The molecule has 0 fully saturated rings. The van der Waals surface area contributed by atoms with Gasteiger partial charge in [-0.3, -0.25) is 4.79 Å². The molecule has 1 N–H and O–H groups in total. The fraction of sp³-hybridized carbons (Fsp3) is 0.889. The highest BCUT2D eigenvalue weighted by atomic mass is 32.2. The quantitative estimate of drug-likeness (QED) is 0.714. The minimum Gasteiger partial charge on any atom is -0.481 e. The molecular formula is C9H19NO4S. The monoisotopic (exact) mass is 237 g/mol. The minimum atomic E-state index is -3.30. The number of hydrogen-bond donors (Lipinski definition) is 1. The van der Waals surface area contributed by atoms with Crippen molar-refractivity contribution in [3.8, 4) is 0 Å². The van der Waals surface area contributed by atoms with Crippen LogP contribution in [0, 0.1) is 0 Å². The van der Waals surface area contributed by atoms with E-state index in [1.807, 2.05) is 0 Å². The zero-order valence-electron chi connectivity index (χ0n) is 9.43. The SMILES string of the molecule is CCCS(=O)(=O)N(CC)C(C)CC(=O)O. The smallest absolute Gasteiger partial charge is 0.304 e. The van der Waals surface area contributed by atoms with Crippen molar-refractivity contribution in [2.75, 3.05) is 12.3 Å². The maximum atomic E-state index is 11.7. The first-order valence-corrected chi connectivity index (χ1v) is 6.67. The summed E-state index contributed by atoms with van der Waals surface area (Å²) in [4.78, 5) is 10.5. The summed E-state index contributed by atoms with van der Waals surface area (Å²) < 4.78 is 24.7. The highest BCUT2D eigenvalue weighted by Crippen LogP contribution is 2.11. The average Bonchev–Trinajstić information content (AvgIpc) is 2.02. The van der Waals surface area contributed by atoms with E-state index in [0.29, 0.717) is 13.0 Å². The summed E-state index contributed by atoms with van der Waals surface area (Å²) in [7, 11) is -3.30. The van der Waals surface area contributed by atoms with Crippen molar-refractivity contribution in [3.05, 3.63) is 0 Å². The van der Waals surface area contributed by atoms with Crippen LogP contribution in [0.5, 0.6) is 0 Å². The van der Waals surface area contributed by atoms with Crippen molar-refractivity contribution >= 4 is 16.0 Å². The molecular weight excluding hydrogens is 218 g/mol. The van der Waals surface area contributed by atoms with Gasteiger partial charge in [-0.05, 0) is 13.3 Å². The zero-order chi connectivity index (χ0) is 12.1. The molecule has 0 saturated heterocycles. The normalized spacial score (nSPS) is 14.1. The third-order valence-corrected chi connectivity index (χ3v) is 4.35. The number of hydrogen-bond acceptors (Lipinski definition) is 3. The Morgan fingerprint density at radius 3 is 2.27 bits per heavy atom. The second kappa shape index (κ2) is 6.07. The number of rotatable bonds is 7. The topological polar surface area (TPSA) is 74.7 Å². The molecule has 90 valence electrons. The van der Waals surface area contributed by atoms with Crippen LogP contribution >= 0.6 is 0 Å². The molecule has 6 heteroatoms. The molecule has 0 aliphatic carbocycles. The molecule has 0 saturated carbocycles. The van der Waals surface area contributed by atoms with E-state index in [-0.39, 0.29) is 12.2 Å². The van der Waals surface area contributed by atoms with Crippen LogP contribution in [0.4, 0.5) is 0 Å². The van der Waals surface area contributed by atoms with Gasteiger partial charge in [0.05, 0.1) is 12.2 Å². The Morgan fingerprint density at radius 2 is 1.93 bits per heavy atom. The average molecular weight is 237 g/mol. The van der Waals surface area contributed by atoms with E-state index < -0.39 is 22.0 Å². The third kappa shape index (κ3) is 4.61. The molecule has 0 aromatic heterocycles. The maximum absolute atomic E-state index is 11.7. The second-order valence-electron chi connectivity index (χ2n) is 3.47. The summed E-state index contributed by atoms with van der Waals surface area (Å²) in [6, 6.07) is -0.482. The van der Waals surface area contributed by atoms with Crippen molar-refractivity contribution in [1.82, 2.24) is 4.31 Å². The van der Waals surface area contributed by atoms with Gasteiger partial charge in [-0.15, -0.1) is 0 Å². The molecule has 1 unspecified atom stereocenters. The van der Waals surface area contributed by atoms with E-state index in [9.17, 15) is 13.2 Å². The number of carbonyl (C=O) groups is 1. The molecule has 0 aliphatic heterocycles. The first kappa shape index (κ1) is 14.4. The lowest BCUT2D eigenvalue weighted by Crippen LogP contribution is -2.40. The summed E-state index contributed by atoms with van der Waals surface area (Å²) >= 11 is 0. The summed E-state index contributed by atoms with van der Waals surface area (Å²) in [5.41, 5.74) is 0. The van der Waals surface area contributed by atoms with Crippen LogP contribution in [0.1, 0.15) is 33.6 Å². The van der Waals surface area contributed by atoms with Gasteiger partial charge in [0.25, 0.3) is 0 Å². The molecule has 0 aromatic carbocycles. The molecule has 0 aliphatic rings. The predicted octanol–water partition coefficient (Wildman–Crippen LogP) is 0.911. The first-order valence-electron chi connectivity index (χ1n) is 5.06. The number of nitrogens with zero attached hydrogens (tertiary/aromatic N) is 1. The molecule has 0 rings (SSSR count). The zero-order valence-corrected chi connectivity index (χ0v) is 10.2. The van der Waals surface area contributed by atoms with Crippen LogP contribution in [0.3, 0.4) is 0 Å². The van der Waals surface area contributed by atoms with E-state index in [1.54, 1.807) is 20.8 Å². The van der Waals surface area contributed by atoms with Gasteiger partial charge in [0.15, 0.2) is 0 Å². The fourth-order valence-corrected chi connectivity index (χ4v) is 3.28. The largest absolute Gasteiger partial charge is 0.481 e. The molecule has 0 bridgehead atoms. The molecule has 1 atom stereocenters. The maximum Gasteiger partial charge on any atom is 0.304 e. The summed E-state index contributed by atoms with van der Waals surface area (Å²) in [5.74, 6) is -0.905. The van der Waals surface area contributed by atoms with Gasteiger partial charge in [0, 0.05) is 12.6 Å². The molecule has 0 heterocycles. The Morgan fingerprint density at radius 1 is 1.40 bits per heavy atom. The molecule has 0 aromatic rings. The van der Waals surface area contributed by atoms with Crippen molar-refractivity contribution in [2.45, 2.75) is 39.7 Å². The molecule has 0 amide bonds. The van der Waals surface area contributed by atoms with Gasteiger partial charge in [-0.25, -0.2) is 8.42 Å². The Bertz CT molecular complexity index is 299. The van der Waals surface area contributed by atoms with Gasteiger partial charge in [0.1, 0.15) is 0 Å². The van der Waals surface area contributed by atoms with Crippen LogP contribution < -0.4 is 0 Å². The summed E-state index contributed by atoms with van der Waals surface area (Å²) in [6.45, 7) is 5.43. The molecule has 15 heavy (non-hydrogen) atoms. The van der Waals surface area contributed by atoms with Crippen LogP contribution in [-0.4, -0.2) is 42.1 Å². The number of sulfonamides is 1. The molecule has 0 spiro atoms. The second-order valence-corrected chi connectivity index (χ2v) is 5.51. The standard InChI is InChI=1S/C9H19NO4S/c1-4-6-15(13,14)10(5-2)8(3)7-9(11)12/h8H,4-7H2,1-3H3,(H,11,12). The van der Waals surface area contributed by atoms with E-state index in [1.165, 1.54) is 4.31 Å². The van der Waals surface area contributed by atoms with Crippen LogP contribution in [0.15, 0.2) is 0 Å². The van der Waals surface area contributed by atoms with E-state index >= 15 is 0 Å². The Kier molecular flexibility index (Phi) is 5.82. The van der Waals surface area contributed by atoms with Crippen molar-refractivity contribution in [2.24, 2.45) is 0 Å². The lowest BCUT2D eigenvalue weighted by Gasteiger charge is -2.25. The first-order chi connectivity index (χ1) is 6.85. The van der Waals surface area contributed by atoms with E-state index in [2.05, 4.69) is 0 Å². The van der Waals surface area contributed by atoms with Gasteiger partial charge >= 0.3 is 5.97 Å². The highest BCUT2D eigenvalue weighted by Gasteiger charge is 2.26. The van der Waals surface area contributed by atoms with E-state index in [4.69, 9.17) is 5.11 Å². The minimum absolute atomic E-state index is 0.0742. The summed E-state index contributed by atoms with van der Waals surface area (Å²) in [6.07, 6.45) is 0.384. The fourth-order valence-electron chi connectivity index (χ4n) is 1.51. The van der Waals surface area contributed by atoms with E-state index in [0.717, 1.165) is 0 Å². The lowest BCUT2D eigenvalue weighted by atomic mass is 10.2. The van der Waals surface area contributed by atoms with Crippen molar-refractivity contribution < 1.29 is 18.3 Å².